The number of hydrogen-bond acceptors (Lipinski definition) is 5. The highest BCUT2D eigenvalue weighted by molar-refractivity contribution is 7.10. The first kappa shape index (κ1) is 17.9. The number of rotatable bonds is 5. The lowest BCUT2D eigenvalue weighted by molar-refractivity contribution is 0.0724. The average molecular weight is 386 g/mol. The van der Waals surface area contributed by atoms with Crippen LogP contribution in [0.3, 0.4) is 0 Å². The van der Waals surface area contributed by atoms with Crippen LogP contribution in [0.5, 0.6) is 0 Å². The molecule has 2 aromatic heterocycles. The molecule has 7 heteroatoms. The molecule has 4 rings (SSSR count). The van der Waals surface area contributed by atoms with Crippen LogP contribution >= 0.6 is 11.3 Å². The second kappa shape index (κ2) is 6.90. The quantitative estimate of drug-likeness (QED) is 0.674. The van der Waals surface area contributed by atoms with E-state index in [0.29, 0.717) is 12.1 Å². The Kier molecular flexibility index (Phi) is 4.57. The van der Waals surface area contributed by atoms with Crippen molar-refractivity contribution in [3.63, 3.8) is 0 Å². The van der Waals surface area contributed by atoms with E-state index in [1.807, 2.05) is 36.5 Å². The van der Waals surface area contributed by atoms with Gasteiger partial charge in [0.25, 0.3) is 5.91 Å². The Labute approximate surface area is 159 Å². The summed E-state index contributed by atoms with van der Waals surface area (Å²) in [5.74, 6) is -0.720. The molecule has 0 radical (unpaired) electrons. The Morgan fingerprint density at radius 1 is 1.26 bits per heavy atom. The molecule has 1 aliphatic rings. The summed E-state index contributed by atoms with van der Waals surface area (Å²) in [4.78, 5) is 30.8. The summed E-state index contributed by atoms with van der Waals surface area (Å²) in [6.07, 6.45) is 0.775. The molecule has 5 nitrogen and oxygen atoms in total. The zero-order chi connectivity index (χ0) is 19.1. The summed E-state index contributed by atoms with van der Waals surface area (Å²) in [5.41, 5.74) is 0.201. The fourth-order valence-electron chi connectivity index (χ4n) is 3.52. The molecule has 140 valence electrons. The maximum absolute atomic E-state index is 13.7. The van der Waals surface area contributed by atoms with Gasteiger partial charge in [-0.15, -0.1) is 11.3 Å². The first-order valence-electron chi connectivity index (χ1n) is 8.72. The van der Waals surface area contributed by atoms with E-state index >= 15 is 0 Å². The first-order chi connectivity index (χ1) is 13.0. The molecule has 1 unspecified atom stereocenters. The molecule has 0 fully saturated rings. The van der Waals surface area contributed by atoms with E-state index in [-0.39, 0.29) is 28.1 Å². The molecule has 1 amide bonds. The molecular formula is C20H19FN2O3S. The van der Waals surface area contributed by atoms with Crippen LogP contribution in [-0.4, -0.2) is 42.9 Å². The van der Waals surface area contributed by atoms with Crippen LogP contribution < -0.4 is 5.43 Å². The Bertz CT molecular complexity index is 1060. The second-order valence-corrected chi connectivity index (χ2v) is 7.87. The summed E-state index contributed by atoms with van der Waals surface area (Å²) in [6, 6.07) is 7.11. The largest absolute Gasteiger partial charge is 0.450 e. The van der Waals surface area contributed by atoms with Crippen molar-refractivity contribution < 1.29 is 13.6 Å². The highest BCUT2D eigenvalue weighted by Gasteiger charge is 2.42. The molecule has 0 saturated heterocycles. The predicted molar refractivity (Wildman–Crippen MR) is 103 cm³/mol. The van der Waals surface area contributed by atoms with Crippen LogP contribution in [0.25, 0.3) is 11.0 Å². The van der Waals surface area contributed by atoms with E-state index in [9.17, 15) is 14.0 Å². The van der Waals surface area contributed by atoms with Gasteiger partial charge in [0.2, 0.25) is 5.76 Å². The second-order valence-electron chi connectivity index (χ2n) is 6.89. The van der Waals surface area contributed by atoms with Crippen molar-refractivity contribution in [3.05, 3.63) is 68.0 Å². The van der Waals surface area contributed by atoms with Crippen LogP contribution in [0, 0.1) is 5.82 Å². The Morgan fingerprint density at radius 3 is 2.78 bits per heavy atom. The minimum Gasteiger partial charge on any atom is -0.450 e. The van der Waals surface area contributed by atoms with E-state index in [2.05, 4.69) is 0 Å². The number of amides is 1. The molecule has 1 aromatic carbocycles. The van der Waals surface area contributed by atoms with E-state index < -0.39 is 11.9 Å². The van der Waals surface area contributed by atoms with Crippen molar-refractivity contribution in [2.75, 3.05) is 27.2 Å². The fraction of sp³-hybridized carbons (Fsp3) is 0.300. The summed E-state index contributed by atoms with van der Waals surface area (Å²) >= 11 is 1.49. The van der Waals surface area contributed by atoms with Crippen molar-refractivity contribution in [1.29, 1.82) is 0 Å². The summed E-state index contributed by atoms with van der Waals surface area (Å²) in [7, 11) is 3.95. The highest BCUT2D eigenvalue weighted by Crippen LogP contribution is 2.39. The molecule has 1 aliphatic heterocycles. The summed E-state index contributed by atoms with van der Waals surface area (Å²) in [5, 5.41) is 2.08. The third-order valence-corrected chi connectivity index (χ3v) is 5.67. The number of benzene rings is 1. The van der Waals surface area contributed by atoms with Gasteiger partial charge in [-0.05, 0) is 56.7 Å². The third kappa shape index (κ3) is 3.07. The highest BCUT2D eigenvalue weighted by atomic mass is 32.1. The minimum absolute atomic E-state index is 0.0716. The number of thiophene rings is 1. The SMILES string of the molecule is CN(C)CCCN1C(=O)c2oc3ccc(F)cc3c(=O)c2C1c1cccs1. The summed E-state index contributed by atoms with van der Waals surface area (Å²) in [6.45, 7) is 1.33. The van der Waals surface area contributed by atoms with Gasteiger partial charge >= 0.3 is 0 Å². The first-order valence-corrected chi connectivity index (χ1v) is 9.60. The van der Waals surface area contributed by atoms with Crippen LogP contribution in [0.1, 0.15) is 33.5 Å². The van der Waals surface area contributed by atoms with Crippen molar-refractivity contribution in [2.24, 2.45) is 0 Å². The lowest BCUT2D eigenvalue weighted by Crippen LogP contribution is -2.31. The number of fused-ring (bicyclic) bond motifs is 2. The van der Waals surface area contributed by atoms with E-state index in [0.717, 1.165) is 17.8 Å². The molecule has 0 N–H and O–H groups in total. The fourth-order valence-corrected chi connectivity index (χ4v) is 4.37. The van der Waals surface area contributed by atoms with Gasteiger partial charge < -0.3 is 14.2 Å². The molecule has 0 saturated carbocycles. The topological polar surface area (TPSA) is 53.8 Å². The van der Waals surface area contributed by atoms with Gasteiger partial charge in [0.15, 0.2) is 5.43 Å². The molecule has 0 bridgehead atoms. The van der Waals surface area contributed by atoms with Gasteiger partial charge in [0.05, 0.1) is 17.0 Å². The molecule has 0 spiro atoms. The average Bonchev–Trinajstić information content (AvgIpc) is 3.24. The molecule has 1 atom stereocenters. The van der Waals surface area contributed by atoms with Crippen molar-refractivity contribution in [2.45, 2.75) is 12.5 Å². The Morgan fingerprint density at radius 2 is 2.07 bits per heavy atom. The maximum Gasteiger partial charge on any atom is 0.290 e. The normalized spacial score (nSPS) is 16.5. The van der Waals surface area contributed by atoms with Crippen molar-refractivity contribution in [3.8, 4) is 0 Å². The van der Waals surface area contributed by atoms with E-state index in [1.54, 1.807) is 4.90 Å². The van der Waals surface area contributed by atoms with Crippen molar-refractivity contribution >= 4 is 28.2 Å². The van der Waals surface area contributed by atoms with Gasteiger partial charge in [0.1, 0.15) is 11.4 Å². The zero-order valence-electron chi connectivity index (χ0n) is 15.1. The Balaban J connectivity index is 1.86. The van der Waals surface area contributed by atoms with Gasteiger partial charge in [-0.3, -0.25) is 9.59 Å². The minimum atomic E-state index is -0.505. The van der Waals surface area contributed by atoms with E-state index in [4.69, 9.17) is 4.42 Å². The smallest absolute Gasteiger partial charge is 0.290 e. The van der Waals surface area contributed by atoms with Crippen LogP contribution in [-0.2, 0) is 0 Å². The maximum atomic E-state index is 13.7. The molecule has 0 aliphatic carbocycles. The number of hydrogen-bond donors (Lipinski definition) is 0. The molecular weight excluding hydrogens is 367 g/mol. The van der Waals surface area contributed by atoms with Crippen LogP contribution in [0.15, 0.2) is 44.9 Å². The monoisotopic (exact) mass is 386 g/mol. The van der Waals surface area contributed by atoms with E-state index in [1.165, 1.54) is 29.5 Å². The zero-order valence-corrected chi connectivity index (χ0v) is 15.9. The lowest BCUT2D eigenvalue weighted by Gasteiger charge is -2.24. The predicted octanol–water partition coefficient (Wildman–Crippen LogP) is 3.49. The van der Waals surface area contributed by atoms with Crippen LogP contribution in [0.2, 0.25) is 0 Å². The third-order valence-electron chi connectivity index (χ3n) is 4.74. The number of carbonyl (C=O) groups excluding carboxylic acids is 1. The van der Waals surface area contributed by atoms with Gasteiger partial charge in [-0.25, -0.2) is 4.39 Å². The molecule has 3 aromatic rings. The van der Waals surface area contributed by atoms with Gasteiger partial charge in [0, 0.05) is 11.4 Å². The summed E-state index contributed by atoms with van der Waals surface area (Å²) < 4.78 is 19.4. The van der Waals surface area contributed by atoms with Crippen LogP contribution in [0.4, 0.5) is 4.39 Å². The number of nitrogens with zero attached hydrogens (tertiary/aromatic N) is 2. The standard InChI is InChI=1S/C20H19FN2O3S/c1-22(2)8-4-9-23-17(15-5-3-10-27-15)16-18(24)13-11-12(21)6-7-14(13)26-19(16)20(23)25/h3,5-7,10-11,17H,4,8-9H2,1-2H3. The number of halogens is 1. The van der Waals surface area contributed by atoms with Gasteiger partial charge in [-0.2, -0.15) is 0 Å². The number of carbonyl (C=O) groups is 1. The van der Waals surface area contributed by atoms with Crippen molar-refractivity contribution in [1.82, 2.24) is 9.80 Å². The molecule has 27 heavy (non-hydrogen) atoms. The lowest BCUT2D eigenvalue weighted by atomic mass is 10.0. The Hall–Kier alpha value is -2.51. The van der Waals surface area contributed by atoms with Gasteiger partial charge in [-0.1, -0.05) is 6.07 Å². The molecule has 3 heterocycles.